The number of aromatic nitrogens is 1. The molecule has 146 valence electrons. The van der Waals surface area contributed by atoms with Gasteiger partial charge in [-0.3, -0.25) is 4.79 Å². The average Bonchev–Trinajstić information content (AvgIpc) is 3.13. The number of fused-ring (bicyclic) bond motifs is 1. The van der Waals surface area contributed by atoms with Crippen molar-refractivity contribution in [1.29, 1.82) is 0 Å². The lowest BCUT2D eigenvalue weighted by Crippen LogP contribution is -2.42. The van der Waals surface area contributed by atoms with E-state index in [0.29, 0.717) is 22.2 Å². The predicted molar refractivity (Wildman–Crippen MR) is 106 cm³/mol. The Bertz CT molecular complexity index is 947. The molecule has 2 heterocycles. The van der Waals surface area contributed by atoms with Gasteiger partial charge in [-0.1, -0.05) is 11.6 Å². The van der Waals surface area contributed by atoms with Gasteiger partial charge in [-0.25, -0.2) is 14.4 Å². The molecular formula is C21H21ClFN3O2. The van der Waals surface area contributed by atoms with Crippen LogP contribution in [0.15, 0.2) is 41.5 Å². The SMILES string of the molecule is CC1=NC(C)(c2cc(NC(=O)c3ccc(Cl)cn3)ccc2F)C2CCCC2O1. The summed E-state index contributed by atoms with van der Waals surface area (Å²) < 4.78 is 20.7. The van der Waals surface area contributed by atoms with Crippen molar-refractivity contribution >= 4 is 29.1 Å². The zero-order chi connectivity index (χ0) is 19.9. The Morgan fingerprint density at radius 3 is 2.89 bits per heavy atom. The summed E-state index contributed by atoms with van der Waals surface area (Å²) in [7, 11) is 0. The molecule has 2 aliphatic rings. The van der Waals surface area contributed by atoms with Gasteiger partial charge in [0.1, 0.15) is 17.6 Å². The van der Waals surface area contributed by atoms with Crippen molar-refractivity contribution in [3.05, 3.63) is 58.6 Å². The van der Waals surface area contributed by atoms with Crippen molar-refractivity contribution < 1.29 is 13.9 Å². The van der Waals surface area contributed by atoms with E-state index < -0.39 is 5.54 Å². The van der Waals surface area contributed by atoms with Crippen molar-refractivity contribution in [2.75, 3.05) is 5.32 Å². The van der Waals surface area contributed by atoms with Crippen LogP contribution in [-0.4, -0.2) is 22.9 Å². The second kappa shape index (κ2) is 7.17. The highest BCUT2D eigenvalue weighted by atomic mass is 35.5. The monoisotopic (exact) mass is 401 g/mol. The Balaban J connectivity index is 1.66. The van der Waals surface area contributed by atoms with Crippen LogP contribution < -0.4 is 5.32 Å². The van der Waals surface area contributed by atoms with Crippen LogP contribution in [0.25, 0.3) is 0 Å². The van der Waals surface area contributed by atoms with Crippen LogP contribution in [0.4, 0.5) is 10.1 Å². The van der Waals surface area contributed by atoms with E-state index in [4.69, 9.17) is 21.3 Å². The standard InChI is InChI=1S/C21H21ClFN3O2/c1-12-26-21(2,15-4-3-5-19(15)28-12)16-10-14(7-8-17(16)23)25-20(27)18-9-6-13(22)11-24-18/h6-11,15,19H,3-5H2,1-2H3,(H,25,27). The fourth-order valence-electron chi connectivity index (χ4n) is 4.32. The first-order valence-electron chi connectivity index (χ1n) is 9.33. The van der Waals surface area contributed by atoms with Crippen molar-refractivity contribution in [2.24, 2.45) is 10.9 Å². The number of rotatable bonds is 3. The fraction of sp³-hybridized carbons (Fsp3) is 0.381. The Labute approximate surface area is 168 Å². The van der Waals surface area contributed by atoms with Crippen LogP contribution in [-0.2, 0) is 10.3 Å². The fourth-order valence-corrected chi connectivity index (χ4v) is 4.43. The summed E-state index contributed by atoms with van der Waals surface area (Å²) in [5, 5.41) is 3.23. The lowest BCUT2D eigenvalue weighted by molar-refractivity contribution is 0.0713. The molecule has 2 aromatic rings. The van der Waals surface area contributed by atoms with Crippen LogP contribution in [0.2, 0.25) is 5.02 Å². The maximum atomic E-state index is 14.8. The molecule has 4 rings (SSSR count). The molecule has 28 heavy (non-hydrogen) atoms. The molecule has 0 spiro atoms. The molecule has 1 saturated carbocycles. The third-order valence-electron chi connectivity index (χ3n) is 5.62. The average molecular weight is 402 g/mol. The van der Waals surface area contributed by atoms with Gasteiger partial charge in [-0.15, -0.1) is 0 Å². The number of nitrogens with zero attached hydrogens (tertiary/aromatic N) is 2. The van der Waals surface area contributed by atoms with Crippen LogP contribution in [0.1, 0.15) is 49.2 Å². The van der Waals surface area contributed by atoms with E-state index in [-0.39, 0.29) is 29.4 Å². The molecule has 0 saturated heterocycles. The number of anilines is 1. The first kappa shape index (κ1) is 18.9. The molecule has 3 unspecified atom stereocenters. The van der Waals surface area contributed by atoms with Gasteiger partial charge >= 0.3 is 0 Å². The van der Waals surface area contributed by atoms with Crippen LogP contribution in [0, 0.1) is 11.7 Å². The summed E-state index contributed by atoms with van der Waals surface area (Å²) >= 11 is 5.81. The van der Waals surface area contributed by atoms with E-state index >= 15 is 0 Å². The number of benzene rings is 1. The molecule has 0 bridgehead atoms. The molecule has 1 aliphatic carbocycles. The minimum atomic E-state index is -0.729. The number of carbonyl (C=O) groups excluding carboxylic acids is 1. The normalized spacial score (nSPS) is 26.2. The summed E-state index contributed by atoms with van der Waals surface area (Å²) in [5.74, 6) is -0.0431. The number of ether oxygens (including phenoxy) is 1. The quantitative estimate of drug-likeness (QED) is 0.790. The first-order valence-corrected chi connectivity index (χ1v) is 9.70. The maximum Gasteiger partial charge on any atom is 0.274 e. The molecule has 1 fully saturated rings. The summed E-state index contributed by atoms with van der Waals surface area (Å²) in [6.07, 6.45) is 4.38. The second-order valence-corrected chi connectivity index (χ2v) is 7.92. The van der Waals surface area contributed by atoms with Crippen LogP contribution in [0.3, 0.4) is 0 Å². The van der Waals surface area contributed by atoms with Gasteiger partial charge in [0.25, 0.3) is 5.91 Å². The molecule has 0 radical (unpaired) electrons. The zero-order valence-electron chi connectivity index (χ0n) is 15.7. The Morgan fingerprint density at radius 2 is 2.14 bits per heavy atom. The van der Waals surface area contributed by atoms with Crippen molar-refractivity contribution in [3.63, 3.8) is 0 Å². The summed E-state index contributed by atoms with van der Waals surface area (Å²) in [5.41, 5.74) is 0.465. The first-order chi connectivity index (χ1) is 13.4. The van der Waals surface area contributed by atoms with Gasteiger partial charge in [-0.2, -0.15) is 0 Å². The molecular weight excluding hydrogens is 381 g/mol. The Hall–Kier alpha value is -2.47. The van der Waals surface area contributed by atoms with E-state index in [1.807, 2.05) is 13.8 Å². The highest BCUT2D eigenvalue weighted by Crippen LogP contribution is 2.48. The lowest BCUT2D eigenvalue weighted by atomic mass is 9.76. The van der Waals surface area contributed by atoms with Crippen LogP contribution in [0.5, 0.6) is 0 Å². The van der Waals surface area contributed by atoms with Gasteiger partial charge in [0.15, 0.2) is 5.90 Å². The molecule has 1 N–H and O–H groups in total. The third kappa shape index (κ3) is 3.37. The van der Waals surface area contributed by atoms with E-state index in [1.165, 1.54) is 18.3 Å². The van der Waals surface area contributed by atoms with Gasteiger partial charge in [0, 0.05) is 30.3 Å². The predicted octanol–water partition coefficient (Wildman–Crippen LogP) is 4.96. The van der Waals surface area contributed by atoms with Crippen molar-refractivity contribution in [2.45, 2.75) is 44.8 Å². The minimum absolute atomic E-state index is 0.0541. The maximum absolute atomic E-state index is 14.8. The summed E-state index contributed by atoms with van der Waals surface area (Å²) in [6.45, 7) is 3.76. The van der Waals surface area contributed by atoms with E-state index in [9.17, 15) is 9.18 Å². The number of hydrogen-bond acceptors (Lipinski definition) is 4. The Kier molecular flexibility index (Phi) is 4.83. The largest absolute Gasteiger partial charge is 0.478 e. The van der Waals surface area contributed by atoms with Gasteiger partial charge in [-0.05, 0) is 56.5 Å². The second-order valence-electron chi connectivity index (χ2n) is 7.48. The summed E-state index contributed by atoms with van der Waals surface area (Å²) in [4.78, 5) is 21.2. The summed E-state index contributed by atoms with van der Waals surface area (Å²) in [6, 6.07) is 7.72. The van der Waals surface area contributed by atoms with Crippen LogP contribution >= 0.6 is 11.6 Å². The van der Waals surface area contributed by atoms with Crippen molar-refractivity contribution in [3.8, 4) is 0 Å². The minimum Gasteiger partial charge on any atom is -0.478 e. The van der Waals surface area contributed by atoms with E-state index in [2.05, 4.69) is 10.3 Å². The highest BCUT2D eigenvalue weighted by Gasteiger charge is 2.48. The lowest BCUT2D eigenvalue weighted by Gasteiger charge is -2.40. The number of amides is 1. The molecule has 7 heteroatoms. The third-order valence-corrected chi connectivity index (χ3v) is 5.84. The van der Waals surface area contributed by atoms with Gasteiger partial charge < -0.3 is 10.1 Å². The van der Waals surface area contributed by atoms with E-state index in [1.54, 1.807) is 18.2 Å². The number of pyridine rings is 1. The molecule has 1 aromatic carbocycles. The Morgan fingerprint density at radius 1 is 1.32 bits per heavy atom. The molecule has 1 amide bonds. The topological polar surface area (TPSA) is 63.6 Å². The number of nitrogens with one attached hydrogen (secondary N) is 1. The smallest absolute Gasteiger partial charge is 0.274 e. The number of aliphatic imine (C=N–C) groups is 1. The molecule has 1 aliphatic heterocycles. The van der Waals surface area contributed by atoms with Crippen molar-refractivity contribution in [1.82, 2.24) is 4.98 Å². The van der Waals surface area contributed by atoms with Gasteiger partial charge in [0.2, 0.25) is 0 Å². The number of hydrogen-bond donors (Lipinski definition) is 1. The highest BCUT2D eigenvalue weighted by molar-refractivity contribution is 6.30. The number of halogens is 2. The molecule has 5 nitrogen and oxygen atoms in total. The molecule has 1 aromatic heterocycles. The zero-order valence-corrected chi connectivity index (χ0v) is 16.5. The molecule has 3 atom stereocenters. The van der Waals surface area contributed by atoms with E-state index in [0.717, 1.165) is 19.3 Å². The van der Waals surface area contributed by atoms with Gasteiger partial charge in [0.05, 0.1) is 10.6 Å². The number of carbonyl (C=O) groups is 1.